The van der Waals surface area contributed by atoms with Gasteiger partial charge in [-0.2, -0.15) is 13.2 Å². The fraction of sp³-hybridized carbons (Fsp3) is 0.346. The summed E-state index contributed by atoms with van der Waals surface area (Å²) in [5, 5.41) is 13.5. The van der Waals surface area contributed by atoms with Crippen LogP contribution in [0.4, 0.5) is 19.0 Å². The molecule has 0 bridgehead atoms. The van der Waals surface area contributed by atoms with E-state index in [0.717, 1.165) is 30.3 Å². The van der Waals surface area contributed by atoms with Crippen LogP contribution in [0.15, 0.2) is 43.0 Å². The second-order valence-corrected chi connectivity index (χ2v) is 9.34. The third-order valence-electron chi connectivity index (χ3n) is 6.24. The smallest absolute Gasteiger partial charge is 0.434 e. The molecule has 2 N–H and O–H groups in total. The zero-order chi connectivity index (χ0) is 27.0. The fourth-order valence-corrected chi connectivity index (χ4v) is 4.13. The number of imidazole rings is 1. The van der Waals surface area contributed by atoms with E-state index in [1.807, 2.05) is 0 Å². The van der Waals surface area contributed by atoms with E-state index in [4.69, 9.17) is 4.74 Å². The number of anilines is 1. The summed E-state index contributed by atoms with van der Waals surface area (Å²) in [4.78, 5) is 21.2. The van der Waals surface area contributed by atoms with Crippen molar-refractivity contribution in [2.24, 2.45) is 0 Å². The lowest BCUT2D eigenvalue weighted by molar-refractivity contribution is -0.140. The van der Waals surface area contributed by atoms with E-state index in [1.165, 1.54) is 24.2 Å². The van der Waals surface area contributed by atoms with Crippen LogP contribution in [0.2, 0.25) is 0 Å². The first-order valence-electron chi connectivity index (χ1n) is 12.1. The molecule has 38 heavy (non-hydrogen) atoms. The van der Waals surface area contributed by atoms with Crippen LogP contribution in [0.3, 0.4) is 0 Å². The standard InChI is InChI=1S/C26H26F3N7O2/c1-14(2)36-12-19(26(27,28)29)34-24(36)17-6-4-15(5-7-17)10-30-22-18(37)11-31-23(35-22)20-21(16-8-9-16)32-13-33-25(20)38-3/h4-7,11-14,16,37H,8-10H2,1-3H3,(H,30,31,35). The molecule has 0 saturated heterocycles. The Labute approximate surface area is 216 Å². The molecule has 1 saturated carbocycles. The van der Waals surface area contributed by atoms with E-state index in [2.05, 4.69) is 30.2 Å². The number of aromatic nitrogens is 6. The number of halogens is 3. The number of rotatable bonds is 8. The van der Waals surface area contributed by atoms with Crippen LogP contribution in [-0.4, -0.2) is 41.7 Å². The Bertz CT molecular complexity index is 1450. The van der Waals surface area contributed by atoms with Gasteiger partial charge >= 0.3 is 6.18 Å². The number of benzene rings is 1. The number of aromatic hydroxyl groups is 1. The van der Waals surface area contributed by atoms with Crippen molar-refractivity contribution in [2.75, 3.05) is 12.4 Å². The Balaban J connectivity index is 1.37. The average molecular weight is 526 g/mol. The summed E-state index contributed by atoms with van der Waals surface area (Å²) in [5.74, 6) is 1.33. The SMILES string of the molecule is COc1ncnc(C2CC2)c1-c1ncc(O)c(NCc2ccc(-c3nc(C(F)(F)F)cn3C(C)C)cc2)n1. The van der Waals surface area contributed by atoms with Crippen LogP contribution < -0.4 is 10.1 Å². The van der Waals surface area contributed by atoms with E-state index in [0.29, 0.717) is 35.3 Å². The van der Waals surface area contributed by atoms with Crippen LogP contribution in [0.25, 0.3) is 22.8 Å². The third kappa shape index (κ3) is 5.11. The van der Waals surface area contributed by atoms with Crippen molar-refractivity contribution in [3.05, 3.63) is 59.9 Å². The van der Waals surface area contributed by atoms with E-state index < -0.39 is 11.9 Å². The highest BCUT2D eigenvalue weighted by Crippen LogP contribution is 2.45. The van der Waals surface area contributed by atoms with Gasteiger partial charge in [-0.25, -0.2) is 24.9 Å². The second-order valence-electron chi connectivity index (χ2n) is 9.34. The van der Waals surface area contributed by atoms with Gasteiger partial charge in [-0.3, -0.25) is 0 Å². The number of alkyl halides is 3. The largest absolute Gasteiger partial charge is 0.503 e. The molecule has 1 aliphatic carbocycles. The Kier molecular flexibility index (Phi) is 6.64. The number of nitrogens with zero attached hydrogens (tertiary/aromatic N) is 6. The molecule has 12 heteroatoms. The summed E-state index contributed by atoms with van der Waals surface area (Å²) < 4.78 is 46.6. The van der Waals surface area contributed by atoms with Gasteiger partial charge in [0, 0.05) is 30.3 Å². The fourth-order valence-electron chi connectivity index (χ4n) is 4.13. The highest BCUT2D eigenvalue weighted by atomic mass is 19.4. The maximum atomic E-state index is 13.2. The monoisotopic (exact) mass is 525 g/mol. The van der Waals surface area contributed by atoms with Gasteiger partial charge in [-0.05, 0) is 32.3 Å². The zero-order valence-corrected chi connectivity index (χ0v) is 21.0. The molecule has 0 atom stereocenters. The lowest BCUT2D eigenvalue weighted by atomic mass is 10.1. The minimum absolute atomic E-state index is 0.132. The highest BCUT2D eigenvalue weighted by Gasteiger charge is 2.35. The normalized spacial score (nSPS) is 13.7. The Morgan fingerprint density at radius 1 is 1.11 bits per heavy atom. The first-order chi connectivity index (χ1) is 18.2. The molecule has 1 aliphatic rings. The maximum absolute atomic E-state index is 13.2. The molecule has 0 radical (unpaired) electrons. The van der Waals surface area contributed by atoms with E-state index in [9.17, 15) is 18.3 Å². The molecule has 198 valence electrons. The predicted molar refractivity (Wildman–Crippen MR) is 134 cm³/mol. The minimum atomic E-state index is -4.52. The van der Waals surface area contributed by atoms with Gasteiger partial charge in [0.2, 0.25) is 5.88 Å². The number of hydrogen-bond acceptors (Lipinski definition) is 8. The molecule has 0 unspecified atom stereocenters. The van der Waals surface area contributed by atoms with Gasteiger partial charge < -0.3 is 19.7 Å². The zero-order valence-electron chi connectivity index (χ0n) is 21.0. The molecule has 1 aromatic carbocycles. The molecule has 5 rings (SSSR count). The van der Waals surface area contributed by atoms with E-state index >= 15 is 0 Å². The summed E-state index contributed by atoms with van der Waals surface area (Å²) in [6.07, 6.45) is 1.30. The van der Waals surface area contributed by atoms with Crippen molar-refractivity contribution in [1.29, 1.82) is 0 Å². The third-order valence-corrected chi connectivity index (χ3v) is 6.24. The maximum Gasteiger partial charge on any atom is 0.434 e. The first-order valence-corrected chi connectivity index (χ1v) is 12.1. The lowest BCUT2D eigenvalue weighted by Gasteiger charge is -2.13. The van der Waals surface area contributed by atoms with Crippen molar-refractivity contribution < 1.29 is 23.0 Å². The van der Waals surface area contributed by atoms with Gasteiger partial charge in [0.05, 0.1) is 19.0 Å². The molecule has 3 aromatic heterocycles. The van der Waals surface area contributed by atoms with Gasteiger partial charge in [0.15, 0.2) is 23.1 Å². The molecule has 0 aliphatic heterocycles. The van der Waals surface area contributed by atoms with Crippen LogP contribution in [0.1, 0.15) is 55.6 Å². The second kappa shape index (κ2) is 9.92. The van der Waals surface area contributed by atoms with Gasteiger partial charge in [-0.1, -0.05) is 24.3 Å². The molecule has 0 spiro atoms. The van der Waals surface area contributed by atoms with E-state index in [1.54, 1.807) is 38.1 Å². The summed E-state index contributed by atoms with van der Waals surface area (Å²) in [7, 11) is 1.52. The molecular weight excluding hydrogens is 499 g/mol. The van der Waals surface area contributed by atoms with E-state index in [-0.39, 0.29) is 23.4 Å². The number of ether oxygens (including phenoxy) is 1. The predicted octanol–water partition coefficient (Wildman–Crippen LogP) is 5.60. The number of nitrogens with one attached hydrogen (secondary N) is 1. The first kappa shape index (κ1) is 25.4. The van der Waals surface area contributed by atoms with Crippen LogP contribution in [0.5, 0.6) is 11.6 Å². The number of hydrogen-bond donors (Lipinski definition) is 2. The van der Waals surface area contributed by atoms with Crippen molar-refractivity contribution in [2.45, 2.75) is 51.4 Å². The molecule has 9 nitrogen and oxygen atoms in total. The van der Waals surface area contributed by atoms with Crippen molar-refractivity contribution >= 4 is 5.82 Å². The lowest BCUT2D eigenvalue weighted by Crippen LogP contribution is -2.06. The molecule has 3 heterocycles. The highest BCUT2D eigenvalue weighted by molar-refractivity contribution is 5.68. The van der Waals surface area contributed by atoms with Crippen LogP contribution >= 0.6 is 0 Å². The molecule has 4 aromatic rings. The Hall–Kier alpha value is -4.22. The van der Waals surface area contributed by atoms with Crippen molar-refractivity contribution in [3.63, 3.8) is 0 Å². The summed E-state index contributed by atoms with van der Waals surface area (Å²) in [6.45, 7) is 3.91. The van der Waals surface area contributed by atoms with Gasteiger partial charge in [0.25, 0.3) is 0 Å². The summed E-state index contributed by atoms with van der Waals surface area (Å²) in [5.41, 5.74) is 1.88. The van der Waals surface area contributed by atoms with Crippen molar-refractivity contribution in [1.82, 2.24) is 29.5 Å². The Morgan fingerprint density at radius 3 is 2.47 bits per heavy atom. The molecular formula is C26H26F3N7O2. The topological polar surface area (TPSA) is 111 Å². The van der Waals surface area contributed by atoms with Gasteiger partial charge in [-0.15, -0.1) is 0 Å². The number of methoxy groups -OCH3 is 1. The van der Waals surface area contributed by atoms with Crippen molar-refractivity contribution in [3.8, 4) is 34.4 Å². The molecule has 1 fully saturated rings. The minimum Gasteiger partial charge on any atom is -0.503 e. The van der Waals surface area contributed by atoms with Crippen LogP contribution in [0, 0.1) is 0 Å². The average Bonchev–Trinajstić information content (AvgIpc) is 3.64. The summed E-state index contributed by atoms with van der Waals surface area (Å²) >= 11 is 0. The quantitative estimate of drug-likeness (QED) is 0.306. The molecule has 0 amide bonds. The van der Waals surface area contributed by atoms with Crippen LogP contribution in [-0.2, 0) is 12.7 Å². The van der Waals surface area contributed by atoms with Gasteiger partial charge in [0.1, 0.15) is 17.7 Å². The summed E-state index contributed by atoms with van der Waals surface area (Å²) in [6, 6.07) is 6.81. The Morgan fingerprint density at radius 2 is 1.84 bits per heavy atom.